The zero-order valence-corrected chi connectivity index (χ0v) is 50.7. The molecule has 21 heteroatoms. The molecular formula is C68H61N5O13S3+2. The van der Waals surface area contributed by atoms with Crippen LogP contribution >= 0.6 is 0 Å². The third-order valence-electron chi connectivity index (χ3n) is 14.7. The molecule has 0 saturated heterocycles. The Balaban J connectivity index is 0.000000169. The molecule has 452 valence electrons. The third-order valence-corrected chi connectivity index (χ3v) is 16.5. The van der Waals surface area contributed by atoms with Gasteiger partial charge in [-0.1, -0.05) is 164 Å². The molecule has 18 nitrogen and oxygen atoms in total. The number of hydrogen-bond acceptors (Lipinski definition) is 13. The highest BCUT2D eigenvalue weighted by Crippen LogP contribution is 2.44. The van der Waals surface area contributed by atoms with E-state index in [9.17, 15) is 38.9 Å². The summed E-state index contributed by atoms with van der Waals surface area (Å²) in [6.07, 6.45) is 6.76. The monoisotopic (exact) mass is 1250 g/mol. The molecule has 0 radical (unpaired) electrons. The molecule has 3 N–H and O–H groups in total. The fourth-order valence-corrected chi connectivity index (χ4v) is 12.4. The lowest BCUT2D eigenvalue weighted by Crippen LogP contribution is -2.40. The number of anilines is 2. The van der Waals surface area contributed by atoms with Gasteiger partial charge >= 0.3 is 32.0 Å². The zero-order valence-electron chi connectivity index (χ0n) is 48.2. The van der Waals surface area contributed by atoms with Gasteiger partial charge in [0.05, 0.1) is 17.5 Å². The number of benzene rings is 8. The first kappa shape index (κ1) is 60.9. The van der Waals surface area contributed by atoms with E-state index in [1.54, 1.807) is 48.8 Å². The molecule has 13 rings (SSSR count). The number of ether oxygens (including phenoxy) is 2. The van der Waals surface area contributed by atoms with E-state index in [1.807, 2.05) is 189 Å². The summed E-state index contributed by atoms with van der Waals surface area (Å²) in [6.45, 7) is 4.53. The topological polar surface area (TPSA) is 235 Å². The summed E-state index contributed by atoms with van der Waals surface area (Å²) in [5.74, 6) is 0.0201. The van der Waals surface area contributed by atoms with Crippen molar-refractivity contribution in [3.63, 3.8) is 0 Å². The number of hydrogen-bond donors (Lipinski definition) is 3. The van der Waals surface area contributed by atoms with E-state index < -0.39 is 54.2 Å². The Hall–Kier alpha value is -9.74. The lowest BCUT2D eigenvalue weighted by Gasteiger charge is -2.24. The van der Waals surface area contributed by atoms with Crippen LogP contribution in [0.2, 0.25) is 0 Å². The van der Waals surface area contributed by atoms with Crippen LogP contribution in [0.25, 0.3) is 78.9 Å². The SMILES string of the molecule is CC/C(=C/c1oc2ccc(-c3ccccc3)cc2[n+]1CS(=O)(=O)O)CC1Oc2ccc(-c3ccccc3)cc2N1CS(=O)(=O)O.CCN1C(=Cc2oc3ccc(-c4ccccc4)cc3[n+]2CS(=O)(=O)O)Oc2ccc(-c3ccccc3)cc21.c1ccncc1. The minimum absolute atomic E-state index is 0.188. The lowest BCUT2D eigenvalue weighted by molar-refractivity contribution is -0.658. The molecule has 0 aliphatic carbocycles. The van der Waals surface area contributed by atoms with Crippen LogP contribution in [-0.4, -0.2) is 62.5 Å². The first-order valence-electron chi connectivity index (χ1n) is 28.3. The molecule has 5 heterocycles. The summed E-state index contributed by atoms with van der Waals surface area (Å²) in [5.41, 5.74) is 11.7. The molecule has 0 amide bonds. The van der Waals surface area contributed by atoms with Crippen LogP contribution in [-0.2, 0) is 42.1 Å². The maximum Gasteiger partial charge on any atom is 0.380 e. The average Bonchev–Trinajstić information content (AvgIpc) is 1.80. The van der Waals surface area contributed by atoms with Crippen molar-refractivity contribution >= 4 is 76.1 Å². The van der Waals surface area contributed by atoms with E-state index in [1.165, 1.54) is 14.0 Å². The van der Waals surface area contributed by atoms with E-state index >= 15 is 0 Å². The standard InChI is InChI=1S/C33H30N2O8S2.C30H24N2O5S.C5H5N/c1-2-23(17-32-34(21-44(36,37)38)28-19-26(13-15-30(28)42-32)24-9-5-3-6-10-24)18-33-35(22-45(39,40)41)29-20-27(14-16-31(29)43-33)25-11-7-4-8-12-25;1-2-31-25-17-23(21-9-5-3-6-10-21)13-15-27(25)36-29(31)19-30-32(20-38(33,34)35)26-18-24(14-16-28(26)37-30)22-11-7-4-8-12-22;1-2-4-6-5-3-1/h3-17,19-20,33H,2,18,21-22H2,1H3,(H-,36,37,38,39,40,41);3-19H,2,20H2,1H3;1-5H/p+2/b23-17-;;. The molecule has 0 fully saturated rings. The summed E-state index contributed by atoms with van der Waals surface area (Å²) in [6, 6.07) is 67.3. The first-order valence-corrected chi connectivity index (χ1v) is 33.1. The van der Waals surface area contributed by atoms with Gasteiger partial charge in [-0.3, -0.25) is 18.6 Å². The fraction of sp³-hybridized carbons (Fsp3) is 0.132. The van der Waals surface area contributed by atoms with Crippen molar-refractivity contribution in [3.05, 3.63) is 248 Å². The molecule has 89 heavy (non-hydrogen) atoms. The summed E-state index contributed by atoms with van der Waals surface area (Å²) in [4.78, 5) is 7.28. The van der Waals surface area contributed by atoms with Gasteiger partial charge in [-0.05, 0) is 106 Å². The van der Waals surface area contributed by atoms with Gasteiger partial charge in [0, 0.05) is 37.5 Å². The van der Waals surface area contributed by atoms with Crippen molar-refractivity contribution in [1.29, 1.82) is 0 Å². The van der Waals surface area contributed by atoms with Gasteiger partial charge in [0.25, 0.3) is 32.9 Å². The Morgan fingerprint density at radius 2 is 0.944 bits per heavy atom. The van der Waals surface area contributed by atoms with Crippen LogP contribution in [0, 0.1) is 0 Å². The van der Waals surface area contributed by atoms with Crippen molar-refractivity contribution in [2.24, 2.45) is 0 Å². The molecule has 1 unspecified atom stereocenters. The average molecular weight is 1250 g/mol. The zero-order chi connectivity index (χ0) is 62.3. The van der Waals surface area contributed by atoms with Crippen LogP contribution in [0.1, 0.15) is 38.5 Å². The first-order chi connectivity index (χ1) is 42.9. The number of oxazole rings is 2. The highest BCUT2D eigenvalue weighted by molar-refractivity contribution is 7.86. The predicted molar refractivity (Wildman–Crippen MR) is 343 cm³/mol. The number of pyridine rings is 1. The number of aromatic nitrogens is 3. The van der Waals surface area contributed by atoms with Crippen molar-refractivity contribution in [3.8, 4) is 56.0 Å². The van der Waals surface area contributed by atoms with Gasteiger partial charge in [-0.15, -0.1) is 9.13 Å². The molecule has 0 saturated carbocycles. The molecule has 11 aromatic rings. The number of fused-ring (bicyclic) bond motifs is 4. The summed E-state index contributed by atoms with van der Waals surface area (Å²) >= 11 is 0. The Morgan fingerprint density at radius 3 is 1.38 bits per heavy atom. The highest BCUT2D eigenvalue weighted by atomic mass is 32.2. The second kappa shape index (κ2) is 26.3. The summed E-state index contributed by atoms with van der Waals surface area (Å²) in [7, 11) is -13.2. The quantitative estimate of drug-likeness (QED) is 0.0602. The van der Waals surface area contributed by atoms with Gasteiger partial charge in [0.1, 0.15) is 17.7 Å². The van der Waals surface area contributed by atoms with E-state index in [4.69, 9.17) is 18.3 Å². The number of nitrogens with zero attached hydrogens (tertiary/aromatic N) is 5. The third kappa shape index (κ3) is 14.8. The number of rotatable bonds is 16. The molecule has 8 aromatic carbocycles. The van der Waals surface area contributed by atoms with Crippen molar-refractivity contribution in [2.45, 2.75) is 44.7 Å². The van der Waals surface area contributed by atoms with Gasteiger partial charge in [0.15, 0.2) is 12.0 Å². The van der Waals surface area contributed by atoms with Gasteiger partial charge in [0.2, 0.25) is 17.0 Å². The van der Waals surface area contributed by atoms with Gasteiger partial charge < -0.3 is 28.1 Å². The van der Waals surface area contributed by atoms with Crippen molar-refractivity contribution in [2.75, 3.05) is 22.2 Å². The van der Waals surface area contributed by atoms with Crippen LogP contribution < -0.4 is 28.4 Å². The summed E-state index contributed by atoms with van der Waals surface area (Å²) < 4.78 is 129. The molecule has 3 aromatic heterocycles. The normalized spacial score (nSPS) is 14.3. The van der Waals surface area contributed by atoms with E-state index in [-0.39, 0.29) is 18.2 Å². The Bertz CT molecular complexity index is 4720. The fourth-order valence-electron chi connectivity index (χ4n) is 10.6. The van der Waals surface area contributed by atoms with Gasteiger partial charge in [-0.2, -0.15) is 25.3 Å². The summed E-state index contributed by atoms with van der Waals surface area (Å²) in [5, 5.41) is 0. The van der Waals surface area contributed by atoms with Crippen LogP contribution in [0.15, 0.2) is 245 Å². The maximum atomic E-state index is 12.1. The predicted octanol–water partition coefficient (Wildman–Crippen LogP) is 13.4. The van der Waals surface area contributed by atoms with E-state index in [0.29, 0.717) is 58.2 Å². The molecule has 2 aliphatic heterocycles. The Morgan fingerprint density at radius 1 is 0.506 bits per heavy atom. The molecule has 2 aliphatic rings. The Kier molecular flexibility index (Phi) is 18.0. The van der Waals surface area contributed by atoms with Crippen LogP contribution in [0.3, 0.4) is 0 Å². The highest BCUT2D eigenvalue weighted by Gasteiger charge is 2.36. The molecule has 0 spiro atoms. The minimum atomic E-state index is -4.45. The second-order valence-corrected chi connectivity index (χ2v) is 25.1. The maximum absolute atomic E-state index is 12.1. The van der Waals surface area contributed by atoms with E-state index in [0.717, 1.165) is 55.8 Å². The lowest BCUT2D eigenvalue weighted by atomic mass is 10.0. The van der Waals surface area contributed by atoms with Gasteiger partial charge in [-0.25, -0.2) is 0 Å². The van der Waals surface area contributed by atoms with E-state index in [2.05, 4.69) is 23.2 Å². The molecule has 1 atom stereocenters. The van der Waals surface area contributed by atoms with Crippen LogP contribution in [0.4, 0.5) is 11.4 Å². The van der Waals surface area contributed by atoms with Crippen molar-refractivity contribution in [1.82, 2.24) is 4.98 Å². The second-order valence-electron chi connectivity index (χ2n) is 20.8. The molecule has 0 bridgehead atoms. The smallest absolute Gasteiger partial charge is 0.380 e. The minimum Gasteiger partial charge on any atom is -0.468 e. The Labute approximate surface area is 515 Å². The van der Waals surface area contributed by atoms with Crippen molar-refractivity contribution < 1.29 is 66.4 Å². The van der Waals surface area contributed by atoms with Crippen LogP contribution in [0.5, 0.6) is 11.5 Å². The largest absolute Gasteiger partial charge is 0.468 e. The molecular weight excluding hydrogens is 1190 g/mol.